The molecule has 8 heteroatoms. The molecule has 0 radical (unpaired) electrons. The first-order valence-corrected chi connectivity index (χ1v) is 7.64. The van der Waals surface area contributed by atoms with E-state index >= 15 is 0 Å². The molecule has 7 nitrogen and oxygen atoms in total. The van der Waals surface area contributed by atoms with E-state index in [9.17, 15) is 14.4 Å². The fourth-order valence-electron chi connectivity index (χ4n) is 2.01. The number of anilines is 1. The van der Waals surface area contributed by atoms with E-state index in [4.69, 9.17) is 14.9 Å². The molecule has 0 unspecified atom stereocenters. The Bertz CT molecular complexity index is 775. The van der Waals surface area contributed by atoms with Gasteiger partial charge in [0.05, 0.1) is 17.0 Å². The summed E-state index contributed by atoms with van der Waals surface area (Å²) >= 11 is 0.929. The highest BCUT2D eigenvalue weighted by Gasteiger charge is 2.26. The number of primary amides is 1. The standard InChI is InChI=1S/C15H16N2O5S/c1-4-21-15(20)10-8(3)11(12(16)18)23-14(10)17-13(19)9-6-5-7(2)22-9/h5-6H,4H2,1-3H3,(H2,16,18)(H,17,19). The molecule has 0 atom stereocenters. The summed E-state index contributed by atoms with van der Waals surface area (Å²) in [7, 11) is 0. The normalized spacial score (nSPS) is 10.4. The minimum atomic E-state index is -0.674. The maximum Gasteiger partial charge on any atom is 0.341 e. The zero-order chi connectivity index (χ0) is 17.1. The minimum absolute atomic E-state index is 0.101. The molecular formula is C15H16N2O5S. The molecule has 0 bridgehead atoms. The molecule has 0 spiro atoms. The number of hydrogen-bond donors (Lipinski definition) is 2. The zero-order valence-electron chi connectivity index (χ0n) is 12.9. The average molecular weight is 336 g/mol. The summed E-state index contributed by atoms with van der Waals surface area (Å²) in [5.41, 5.74) is 5.81. The van der Waals surface area contributed by atoms with Crippen LogP contribution in [0.3, 0.4) is 0 Å². The number of aryl methyl sites for hydroxylation is 1. The van der Waals surface area contributed by atoms with Gasteiger partial charge >= 0.3 is 5.97 Å². The maximum absolute atomic E-state index is 12.2. The summed E-state index contributed by atoms with van der Waals surface area (Å²) in [6.45, 7) is 5.13. The third-order valence-corrected chi connectivity index (χ3v) is 4.26. The largest absolute Gasteiger partial charge is 0.462 e. The van der Waals surface area contributed by atoms with E-state index in [1.807, 2.05) is 0 Å². The van der Waals surface area contributed by atoms with E-state index in [2.05, 4.69) is 5.32 Å². The number of amides is 2. The molecule has 0 saturated heterocycles. The monoisotopic (exact) mass is 336 g/mol. The van der Waals surface area contributed by atoms with Crippen molar-refractivity contribution in [1.82, 2.24) is 0 Å². The maximum atomic E-state index is 12.2. The van der Waals surface area contributed by atoms with Gasteiger partial charge in [0.1, 0.15) is 10.8 Å². The lowest BCUT2D eigenvalue weighted by atomic mass is 10.1. The molecule has 23 heavy (non-hydrogen) atoms. The van der Waals surface area contributed by atoms with Crippen LogP contribution < -0.4 is 11.1 Å². The van der Waals surface area contributed by atoms with Crippen molar-refractivity contribution in [1.29, 1.82) is 0 Å². The van der Waals surface area contributed by atoms with Crippen molar-refractivity contribution in [3.8, 4) is 0 Å². The van der Waals surface area contributed by atoms with Crippen LogP contribution in [0.15, 0.2) is 16.5 Å². The zero-order valence-corrected chi connectivity index (χ0v) is 13.7. The number of carbonyl (C=O) groups is 3. The summed E-state index contributed by atoms with van der Waals surface area (Å²) in [5.74, 6) is -1.14. The Morgan fingerprint density at radius 2 is 2.00 bits per heavy atom. The molecular weight excluding hydrogens is 320 g/mol. The van der Waals surface area contributed by atoms with Gasteiger partial charge in [-0.25, -0.2) is 4.79 Å². The van der Waals surface area contributed by atoms with Crippen LogP contribution in [0.2, 0.25) is 0 Å². The number of hydrogen-bond acceptors (Lipinski definition) is 6. The van der Waals surface area contributed by atoms with Crippen molar-refractivity contribution in [2.45, 2.75) is 20.8 Å². The number of thiophene rings is 1. The van der Waals surface area contributed by atoms with E-state index in [1.165, 1.54) is 6.07 Å². The molecule has 2 aromatic rings. The predicted molar refractivity (Wildman–Crippen MR) is 84.9 cm³/mol. The number of esters is 1. The molecule has 0 aliphatic heterocycles. The summed E-state index contributed by atoms with van der Waals surface area (Å²) in [6, 6.07) is 3.17. The highest BCUT2D eigenvalue weighted by molar-refractivity contribution is 7.18. The molecule has 3 N–H and O–H groups in total. The summed E-state index contributed by atoms with van der Waals surface area (Å²) in [5, 5.41) is 2.78. The Morgan fingerprint density at radius 1 is 1.30 bits per heavy atom. The van der Waals surface area contributed by atoms with E-state index < -0.39 is 17.8 Å². The first-order valence-electron chi connectivity index (χ1n) is 6.83. The van der Waals surface area contributed by atoms with E-state index in [1.54, 1.807) is 26.8 Å². The fourth-order valence-corrected chi connectivity index (χ4v) is 3.05. The lowest BCUT2D eigenvalue weighted by Gasteiger charge is -2.06. The van der Waals surface area contributed by atoms with Crippen molar-refractivity contribution in [2.24, 2.45) is 5.73 Å². The minimum Gasteiger partial charge on any atom is -0.462 e. The summed E-state index contributed by atoms with van der Waals surface area (Å²) in [4.78, 5) is 36.0. The number of nitrogens with two attached hydrogens (primary N) is 1. The Labute approximate surface area is 136 Å². The van der Waals surface area contributed by atoms with Gasteiger partial charge in [-0.1, -0.05) is 0 Å². The molecule has 0 aliphatic rings. The Morgan fingerprint density at radius 3 is 2.52 bits per heavy atom. The molecule has 0 saturated carbocycles. The molecule has 2 heterocycles. The van der Waals surface area contributed by atoms with Crippen molar-refractivity contribution in [3.05, 3.63) is 39.7 Å². The van der Waals surface area contributed by atoms with Gasteiger partial charge in [-0.15, -0.1) is 11.3 Å². The second-order valence-corrected chi connectivity index (χ2v) is 5.73. The first kappa shape index (κ1) is 16.8. The number of carbonyl (C=O) groups excluding carboxylic acids is 3. The Balaban J connectivity index is 2.40. The van der Waals surface area contributed by atoms with Crippen molar-refractivity contribution < 1.29 is 23.5 Å². The van der Waals surface area contributed by atoms with Crippen molar-refractivity contribution in [3.63, 3.8) is 0 Å². The quantitative estimate of drug-likeness (QED) is 0.815. The number of rotatable bonds is 5. The van der Waals surface area contributed by atoms with Gasteiger partial charge in [-0.3, -0.25) is 9.59 Å². The number of ether oxygens (including phenoxy) is 1. The van der Waals surface area contributed by atoms with Gasteiger partial charge in [0.2, 0.25) is 0 Å². The van der Waals surface area contributed by atoms with Crippen molar-refractivity contribution >= 4 is 34.1 Å². The second kappa shape index (κ2) is 6.66. The number of nitrogens with one attached hydrogen (secondary N) is 1. The predicted octanol–water partition coefficient (Wildman–Crippen LogP) is 2.49. The SMILES string of the molecule is CCOC(=O)c1c(NC(=O)c2ccc(C)o2)sc(C(N)=O)c1C. The second-order valence-electron chi connectivity index (χ2n) is 4.71. The van der Waals surface area contributed by atoms with Crippen LogP contribution >= 0.6 is 11.3 Å². The topological polar surface area (TPSA) is 112 Å². The van der Waals surface area contributed by atoms with Crippen LogP contribution in [0, 0.1) is 13.8 Å². The van der Waals surface area contributed by atoms with Gasteiger partial charge in [0.25, 0.3) is 11.8 Å². The lowest BCUT2D eigenvalue weighted by molar-refractivity contribution is 0.0527. The van der Waals surface area contributed by atoms with E-state index in [0.717, 1.165) is 11.3 Å². The molecule has 0 aromatic carbocycles. The Hall–Kier alpha value is -2.61. The smallest absolute Gasteiger partial charge is 0.341 e. The van der Waals surface area contributed by atoms with Crippen LogP contribution in [0.1, 0.15) is 48.8 Å². The first-order chi connectivity index (χ1) is 10.8. The lowest BCUT2D eigenvalue weighted by Crippen LogP contribution is -2.14. The molecule has 2 amide bonds. The van der Waals surface area contributed by atoms with Crippen LogP contribution in [-0.2, 0) is 4.74 Å². The summed E-state index contributed by atoms with van der Waals surface area (Å²) < 4.78 is 10.2. The van der Waals surface area contributed by atoms with Gasteiger partial charge in [-0.2, -0.15) is 0 Å². The molecule has 0 aliphatic carbocycles. The molecule has 2 aromatic heterocycles. The summed E-state index contributed by atoms with van der Waals surface area (Å²) in [6.07, 6.45) is 0. The fraction of sp³-hybridized carbons (Fsp3) is 0.267. The average Bonchev–Trinajstić information content (AvgIpc) is 3.03. The highest BCUT2D eigenvalue weighted by atomic mass is 32.1. The van der Waals surface area contributed by atoms with Crippen LogP contribution in [-0.4, -0.2) is 24.4 Å². The van der Waals surface area contributed by atoms with E-state index in [-0.39, 0.29) is 27.8 Å². The number of furan rings is 1. The third-order valence-electron chi connectivity index (χ3n) is 3.04. The van der Waals surface area contributed by atoms with Gasteiger partial charge in [-0.05, 0) is 38.5 Å². The molecule has 2 rings (SSSR count). The van der Waals surface area contributed by atoms with Gasteiger partial charge in [0, 0.05) is 0 Å². The van der Waals surface area contributed by atoms with Crippen LogP contribution in [0.5, 0.6) is 0 Å². The van der Waals surface area contributed by atoms with Gasteiger partial charge in [0.15, 0.2) is 5.76 Å². The van der Waals surface area contributed by atoms with Crippen LogP contribution in [0.4, 0.5) is 5.00 Å². The highest BCUT2D eigenvalue weighted by Crippen LogP contribution is 2.33. The van der Waals surface area contributed by atoms with E-state index in [0.29, 0.717) is 11.3 Å². The molecule has 122 valence electrons. The van der Waals surface area contributed by atoms with Crippen LogP contribution in [0.25, 0.3) is 0 Å². The van der Waals surface area contributed by atoms with Gasteiger partial charge < -0.3 is 20.2 Å². The molecule has 0 fully saturated rings. The third kappa shape index (κ3) is 3.42. The Kier molecular flexibility index (Phi) is 4.85. The van der Waals surface area contributed by atoms with Crippen molar-refractivity contribution in [2.75, 3.05) is 11.9 Å².